The lowest BCUT2D eigenvalue weighted by molar-refractivity contribution is 0.101. The lowest BCUT2D eigenvalue weighted by Crippen LogP contribution is -2.63. The van der Waals surface area contributed by atoms with E-state index in [1.807, 2.05) is 0 Å². The molecule has 0 bridgehead atoms. The molecule has 6 nitrogen and oxygen atoms in total. The molecule has 0 amide bonds. The maximum atomic E-state index is 13.2. The summed E-state index contributed by atoms with van der Waals surface area (Å²) in [6.45, 7) is 5.33. The molecule has 21 heavy (non-hydrogen) atoms. The van der Waals surface area contributed by atoms with Gasteiger partial charge in [-0.05, 0) is 26.7 Å². The van der Waals surface area contributed by atoms with E-state index in [1.54, 1.807) is 18.2 Å². The summed E-state index contributed by atoms with van der Waals surface area (Å²) in [6.07, 6.45) is 5.25. The van der Waals surface area contributed by atoms with Crippen molar-refractivity contribution < 1.29 is 12.9 Å². The highest BCUT2D eigenvalue weighted by molar-refractivity contribution is 7.89. The van der Waals surface area contributed by atoms with Crippen LogP contribution in [-0.2, 0) is 10.0 Å². The molecule has 0 unspecified atom stereocenters. The summed E-state index contributed by atoms with van der Waals surface area (Å²) >= 11 is 0. The van der Waals surface area contributed by atoms with Crippen molar-refractivity contribution in [3.05, 3.63) is 11.5 Å². The molecular formula is C14H23N3O3S. The summed E-state index contributed by atoms with van der Waals surface area (Å²) in [6, 6.07) is 0. The molecule has 2 fully saturated rings. The minimum Gasteiger partial charge on any atom is -0.360 e. The second kappa shape index (κ2) is 5.37. The molecule has 1 saturated carbocycles. The highest BCUT2D eigenvalue weighted by atomic mass is 32.2. The van der Waals surface area contributed by atoms with E-state index in [4.69, 9.17) is 4.52 Å². The number of hydrogen-bond donors (Lipinski definition) is 1. The highest BCUT2D eigenvalue weighted by Crippen LogP contribution is 2.39. The van der Waals surface area contributed by atoms with Crippen molar-refractivity contribution in [2.45, 2.75) is 56.4 Å². The first-order valence-corrected chi connectivity index (χ1v) is 9.08. The summed E-state index contributed by atoms with van der Waals surface area (Å²) in [4.78, 5) is 0.259. The highest BCUT2D eigenvalue weighted by Gasteiger charge is 2.47. The first-order chi connectivity index (χ1) is 9.97. The third-order valence-corrected chi connectivity index (χ3v) is 7.02. The van der Waals surface area contributed by atoms with Crippen molar-refractivity contribution in [2.24, 2.45) is 0 Å². The zero-order valence-electron chi connectivity index (χ0n) is 12.7. The Morgan fingerprint density at radius 3 is 2.57 bits per heavy atom. The quantitative estimate of drug-likeness (QED) is 0.897. The van der Waals surface area contributed by atoms with Crippen LogP contribution >= 0.6 is 0 Å². The number of piperazine rings is 1. The van der Waals surface area contributed by atoms with Gasteiger partial charge >= 0.3 is 0 Å². The van der Waals surface area contributed by atoms with E-state index in [0.29, 0.717) is 24.5 Å². The van der Waals surface area contributed by atoms with Gasteiger partial charge < -0.3 is 9.84 Å². The standard InChI is InChI=1S/C14H23N3O3S/c1-11-13(12(2)20-16-11)21(18,19)17-9-8-15-10-14(17)6-4-3-5-7-14/h15H,3-10H2,1-2H3. The molecule has 1 N–H and O–H groups in total. The molecule has 1 aromatic rings. The fourth-order valence-electron chi connectivity index (χ4n) is 3.79. The van der Waals surface area contributed by atoms with E-state index in [9.17, 15) is 8.42 Å². The van der Waals surface area contributed by atoms with Gasteiger partial charge in [0.25, 0.3) is 0 Å². The van der Waals surface area contributed by atoms with Crippen LogP contribution < -0.4 is 5.32 Å². The second-order valence-corrected chi connectivity index (χ2v) is 7.99. The predicted molar refractivity (Wildman–Crippen MR) is 78.6 cm³/mol. The van der Waals surface area contributed by atoms with Gasteiger partial charge in [-0.1, -0.05) is 24.4 Å². The normalized spacial score (nSPS) is 23.5. The Labute approximate surface area is 125 Å². The number of rotatable bonds is 2. The van der Waals surface area contributed by atoms with E-state index in [1.165, 1.54) is 6.42 Å². The fourth-order valence-corrected chi connectivity index (χ4v) is 5.91. The molecule has 1 spiro atoms. The van der Waals surface area contributed by atoms with E-state index < -0.39 is 10.0 Å². The molecule has 0 aromatic carbocycles. The summed E-state index contributed by atoms with van der Waals surface area (Å²) in [5, 5.41) is 7.19. The van der Waals surface area contributed by atoms with Gasteiger partial charge in [0.05, 0.1) is 0 Å². The van der Waals surface area contributed by atoms with Crippen LogP contribution in [0.4, 0.5) is 0 Å². The van der Waals surface area contributed by atoms with Crippen molar-refractivity contribution >= 4 is 10.0 Å². The zero-order chi connectivity index (χ0) is 15.1. The average Bonchev–Trinajstić information content (AvgIpc) is 2.80. The van der Waals surface area contributed by atoms with Gasteiger partial charge in [0.1, 0.15) is 10.6 Å². The summed E-state index contributed by atoms with van der Waals surface area (Å²) in [5.41, 5.74) is 0.183. The third-order valence-electron chi connectivity index (χ3n) is 4.78. The van der Waals surface area contributed by atoms with Crippen molar-refractivity contribution in [1.29, 1.82) is 0 Å². The van der Waals surface area contributed by atoms with Crippen LogP contribution in [0.3, 0.4) is 0 Å². The van der Waals surface area contributed by atoms with Crippen LogP contribution in [0.2, 0.25) is 0 Å². The van der Waals surface area contributed by atoms with Gasteiger partial charge in [0.2, 0.25) is 10.0 Å². The minimum atomic E-state index is -3.55. The SMILES string of the molecule is Cc1noc(C)c1S(=O)(=O)N1CCNCC12CCCCC2. The molecule has 1 aromatic heterocycles. The van der Waals surface area contributed by atoms with Crippen molar-refractivity contribution in [3.8, 4) is 0 Å². The first kappa shape index (κ1) is 15.0. The molecule has 2 aliphatic rings. The first-order valence-electron chi connectivity index (χ1n) is 7.64. The van der Waals surface area contributed by atoms with E-state index in [-0.39, 0.29) is 10.4 Å². The van der Waals surface area contributed by atoms with Crippen molar-refractivity contribution in [1.82, 2.24) is 14.8 Å². The Kier molecular flexibility index (Phi) is 3.83. The molecule has 2 heterocycles. The molecular weight excluding hydrogens is 290 g/mol. The van der Waals surface area contributed by atoms with E-state index >= 15 is 0 Å². The van der Waals surface area contributed by atoms with Gasteiger partial charge in [-0.3, -0.25) is 0 Å². The zero-order valence-corrected chi connectivity index (χ0v) is 13.5. The third kappa shape index (κ3) is 2.41. The van der Waals surface area contributed by atoms with Gasteiger partial charge in [-0.15, -0.1) is 0 Å². The minimum absolute atomic E-state index is 0.259. The van der Waals surface area contributed by atoms with Gasteiger partial charge in [0.15, 0.2) is 5.76 Å². The number of nitrogens with zero attached hydrogens (tertiary/aromatic N) is 2. The molecule has 1 aliphatic carbocycles. The Bertz CT molecular complexity index is 590. The average molecular weight is 313 g/mol. The van der Waals surface area contributed by atoms with Crippen LogP contribution in [0.1, 0.15) is 43.6 Å². The van der Waals surface area contributed by atoms with Gasteiger partial charge in [-0.25, -0.2) is 8.42 Å². The van der Waals surface area contributed by atoms with Gasteiger partial charge in [-0.2, -0.15) is 4.31 Å². The van der Waals surface area contributed by atoms with E-state index in [0.717, 1.165) is 32.2 Å². The van der Waals surface area contributed by atoms with Crippen LogP contribution in [0.5, 0.6) is 0 Å². The molecule has 0 atom stereocenters. The molecule has 0 radical (unpaired) electrons. The Hall–Kier alpha value is -0.920. The van der Waals surface area contributed by atoms with Crippen LogP contribution in [0, 0.1) is 13.8 Å². The van der Waals surface area contributed by atoms with Crippen molar-refractivity contribution in [2.75, 3.05) is 19.6 Å². The molecule has 1 aliphatic heterocycles. The Morgan fingerprint density at radius 2 is 1.95 bits per heavy atom. The molecule has 3 rings (SSSR count). The summed E-state index contributed by atoms with van der Waals surface area (Å²) in [5.74, 6) is 0.386. The second-order valence-electron chi connectivity index (χ2n) is 6.19. The number of hydrogen-bond acceptors (Lipinski definition) is 5. The van der Waals surface area contributed by atoms with Crippen LogP contribution in [0.15, 0.2) is 9.42 Å². The van der Waals surface area contributed by atoms with E-state index in [2.05, 4.69) is 10.5 Å². The maximum absolute atomic E-state index is 13.2. The molecule has 7 heteroatoms. The van der Waals surface area contributed by atoms with Crippen LogP contribution in [0.25, 0.3) is 0 Å². The topological polar surface area (TPSA) is 75.4 Å². The monoisotopic (exact) mass is 313 g/mol. The summed E-state index contributed by atoms with van der Waals surface area (Å²) < 4.78 is 33.1. The number of aryl methyl sites for hydroxylation is 2. The Morgan fingerprint density at radius 1 is 1.24 bits per heavy atom. The fraction of sp³-hybridized carbons (Fsp3) is 0.786. The number of nitrogens with one attached hydrogen (secondary N) is 1. The van der Waals surface area contributed by atoms with Crippen LogP contribution in [-0.4, -0.2) is 43.1 Å². The maximum Gasteiger partial charge on any atom is 0.249 e. The lowest BCUT2D eigenvalue weighted by Gasteiger charge is -2.48. The lowest BCUT2D eigenvalue weighted by atomic mass is 9.80. The van der Waals surface area contributed by atoms with Gasteiger partial charge in [0, 0.05) is 25.2 Å². The smallest absolute Gasteiger partial charge is 0.249 e. The predicted octanol–water partition coefficient (Wildman–Crippen LogP) is 1.59. The largest absolute Gasteiger partial charge is 0.360 e. The molecule has 1 saturated heterocycles. The molecule has 118 valence electrons. The number of sulfonamides is 1. The Balaban J connectivity index is 2.03. The summed E-state index contributed by atoms with van der Waals surface area (Å²) in [7, 11) is -3.55. The number of aromatic nitrogens is 1. The van der Waals surface area contributed by atoms with Crippen molar-refractivity contribution in [3.63, 3.8) is 0 Å².